The van der Waals surface area contributed by atoms with Crippen LogP contribution in [0.15, 0.2) is 77.2 Å². The number of carbonyl (C=O) groups excluding carboxylic acids is 1. The first-order chi connectivity index (χ1) is 16.2. The summed E-state index contributed by atoms with van der Waals surface area (Å²) in [5, 5.41) is 6.67. The molecular formula is C25H24N4O3S. The van der Waals surface area contributed by atoms with Crippen molar-refractivity contribution in [3.05, 3.63) is 78.5 Å². The number of carbonyl (C=O) groups is 1. The first kappa shape index (κ1) is 22.4. The van der Waals surface area contributed by atoms with Gasteiger partial charge in [-0.1, -0.05) is 41.6 Å². The molecule has 2 aromatic carbocycles. The van der Waals surface area contributed by atoms with Crippen LogP contribution < -0.4 is 9.64 Å². The third-order valence-corrected chi connectivity index (χ3v) is 5.87. The van der Waals surface area contributed by atoms with Gasteiger partial charge in [-0.15, -0.1) is 17.9 Å². The standard InChI is InChI=1S/C25H24N4O3S/c1-3-16-29(25-26-21(17-33-25)18-8-5-4-6-9-18)23(30)11-7-10-22-27-24(28-32-22)19-12-14-20(31-2)15-13-19/h3-6,8-9,12-15,17H,1,7,10-11,16H2,2H3. The molecule has 0 aliphatic carbocycles. The molecule has 1 amide bonds. The van der Waals surface area contributed by atoms with Crippen LogP contribution in [0.5, 0.6) is 5.75 Å². The van der Waals surface area contributed by atoms with Gasteiger partial charge in [-0.3, -0.25) is 9.69 Å². The van der Waals surface area contributed by atoms with Crippen LogP contribution in [-0.4, -0.2) is 34.7 Å². The number of hydrogen-bond acceptors (Lipinski definition) is 7. The monoisotopic (exact) mass is 460 g/mol. The smallest absolute Gasteiger partial charge is 0.229 e. The molecule has 0 bridgehead atoms. The Bertz CT molecular complexity index is 1200. The molecular weight excluding hydrogens is 436 g/mol. The zero-order chi connectivity index (χ0) is 23.0. The lowest BCUT2D eigenvalue weighted by Crippen LogP contribution is -2.30. The van der Waals surface area contributed by atoms with Gasteiger partial charge in [-0.2, -0.15) is 4.98 Å². The van der Waals surface area contributed by atoms with Gasteiger partial charge in [-0.25, -0.2) is 4.98 Å². The molecule has 2 aromatic heterocycles. The van der Waals surface area contributed by atoms with Gasteiger partial charge < -0.3 is 9.26 Å². The van der Waals surface area contributed by atoms with Crippen molar-refractivity contribution < 1.29 is 14.1 Å². The molecule has 0 saturated heterocycles. The quantitative estimate of drug-likeness (QED) is 0.294. The van der Waals surface area contributed by atoms with Gasteiger partial charge in [0.2, 0.25) is 17.6 Å². The van der Waals surface area contributed by atoms with Crippen molar-refractivity contribution in [3.63, 3.8) is 0 Å². The number of ether oxygens (including phenoxy) is 1. The molecule has 0 atom stereocenters. The summed E-state index contributed by atoms with van der Waals surface area (Å²) >= 11 is 1.45. The Morgan fingerprint density at radius 1 is 1.12 bits per heavy atom. The molecule has 0 aliphatic heterocycles. The van der Waals surface area contributed by atoms with E-state index in [0.717, 1.165) is 22.6 Å². The Labute approximate surface area is 196 Å². The fourth-order valence-electron chi connectivity index (χ4n) is 3.28. The van der Waals surface area contributed by atoms with Gasteiger partial charge in [0.25, 0.3) is 0 Å². The number of rotatable bonds is 10. The van der Waals surface area contributed by atoms with Crippen molar-refractivity contribution in [2.45, 2.75) is 19.3 Å². The SMILES string of the molecule is C=CCN(C(=O)CCCc1nc(-c2ccc(OC)cc2)no1)c1nc(-c2ccccc2)cs1. The van der Waals surface area contributed by atoms with E-state index in [1.165, 1.54) is 11.3 Å². The molecule has 0 radical (unpaired) electrons. The van der Waals surface area contributed by atoms with Crippen molar-refractivity contribution >= 4 is 22.4 Å². The summed E-state index contributed by atoms with van der Waals surface area (Å²) in [6.45, 7) is 4.19. The van der Waals surface area contributed by atoms with Crippen LogP contribution in [-0.2, 0) is 11.2 Å². The van der Waals surface area contributed by atoms with Gasteiger partial charge in [0.15, 0.2) is 5.13 Å². The summed E-state index contributed by atoms with van der Waals surface area (Å²) in [5.74, 6) is 1.77. The minimum atomic E-state index is -0.0150. The molecule has 2 heterocycles. The highest BCUT2D eigenvalue weighted by molar-refractivity contribution is 7.14. The molecule has 33 heavy (non-hydrogen) atoms. The van der Waals surface area contributed by atoms with Crippen molar-refractivity contribution in [2.75, 3.05) is 18.6 Å². The third kappa shape index (κ3) is 5.53. The van der Waals surface area contributed by atoms with Crippen LogP contribution in [0.25, 0.3) is 22.6 Å². The predicted molar refractivity (Wildman–Crippen MR) is 129 cm³/mol. The summed E-state index contributed by atoms with van der Waals surface area (Å²) in [4.78, 5) is 23.7. The fraction of sp³-hybridized carbons (Fsp3) is 0.200. The largest absolute Gasteiger partial charge is 0.497 e. The Morgan fingerprint density at radius 2 is 1.91 bits per heavy atom. The maximum Gasteiger partial charge on any atom is 0.229 e. The van der Waals surface area contributed by atoms with E-state index >= 15 is 0 Å². The molecule has 0 spiro atoms. The number of aromatic nitrogens is 3. The van der Waals surface area contributed by atoms with Crippen LogP contribution in [0.1, 0.15) is 18.7 Å². The predicted octanol–water partition coefficient (Wildman–Crippen LogP) is 5.41. The van der Waals surface area contributed by atoms with E-state index in [0.29, 0.717) is 42.7 Å². The summed E-state index contributed by atoms with van der Waals surface area (Å²) in [7, 11) is 1.62. The number of aryl methyl sites for hydroxylation is 1. The summed E-state index contributed by atoms with van der Waals surface area (Å²) < 4.78 is 10.5. The van der Waals surface area contributed by atoms with E-state index in [4.69, 9.17) is 9.26 Å². The molecule has 0 saturated carbocycles. The molecule has 168 valence electrons. The highest BCUT2D eigenvalue weighted by Crippen LogP contribution is 2.28. The van der Waals surface area contributed by atoms with E-state index in [-0.39, 0.29) is 5.91 Å². The average Bonchev–Trinajstić information content (AvgIpc) is 3.53. The van der Waals surface area contributed by atoms with E-state index < -0.39 is 0 Å². The Balaban J connectivity index is 1.35. The summed E-state index contributed by atoms with van der Waals surface area (Å²) in [6.07, 6.45) is 3.16. The summed E-state index contributed by atoms with van der Waals surface area (Å²) in [6, 6.07) is 17.4. The second kappa shape index (κ2) is 10.7. The number of anilines is 1. The number of amides is 1. The second-order valence-electron chi connectivity index (χ2n) is 7.27. The van der Waals surface area contributed by atoms with Gasteiger partial charge in [0.1, 0.15) is 5.75 Å². The average molecular weight is 461 g/mol. The lowest BCUT2D eigenvalue weighted by atomic mass is 10.2. The molecule has 4 aromatic rings. The van der Waals surface area contributed by atoms with E-state index in [1.54, 1.807) is 18.1 Å². The maximum atomic E-state index is 12.9. The number of benzene rings is 2. The Hall–Kier alpha value is -3.78. The van der Waals surface area contributed by atoms with Crippen molar-refractivity contribution in [3.8, 4) is 28.4 Å². The van der Waals surface area contributed by atoms with Crippen LogP contribution >= 0.6 is 11.3 Å². The lowest BCUT2D eigenvalue weighted by Gasteiger charge is -2.17. The topological polar surface area (TPSA) is 81.4 Å². The normalized spacial score (nSPS) is 10.7. The first-order valence-corrected chi connectivity index (χ1v) is 11.4. The van der Waals surface area contributed by atoms with E-state index in [2.05, 4.69) is 21.7 Å². The summed E-state index contributed by atoms with van der Waals surface area (Å²) in [5.41, 5.74) is 2.72. The Morgan fingerprint density at radius 3 is 2.64 bits per heavy atom. The number of methoxy groups -OCH3 is 1. The van der Waals surface area contributed by atoms with Crippen molar-refractivity contribution in [1.29, 1.82) is 0 Å². The lowest BCUT2D eigenvalue weighted by molar-refractivity contribution is -0.118. The minimum Gasteiger partial charge on any atom is -0.497 e. The van der Waals surface area contributed by atoms with Crippen LogP contribution in [0.4, 0.5) is 5.13 Å². The van der Waals surface area contributed by atoms with Gasteiger partial charge in [-0.05, 0) is 30.7 Å². The fourth-order valence-corrected chi connectivity index (χ4v) is 4.15. The van der Waals surface area contributed by atoms with Crippen LogP contribution in [0.2, 0.25) is 0 Å². The molecule has 4 rings (SSSR count). The molecule has 0 unspecified atom stereocenters. The van der Waals surface area contributed by atoms with E-state index in [9.17, 15) is 4.79 Å². The zero-order valence-electron chi connectivity index (χ0n) is 18.3. The number of nitrogens with zero attached hydrogens (tertiary/aromatic N) is 4. The van der Waals surface area contributed by atoms with Crippen molar-refractivity contribution in [2.24, 2.45) is 0 Å². The van der Waals surface area contributed by atoms with E-state index in [1.807, 2.05) is 60.0 Å². The number of hydrogen-bond donors (Lipinski definition) is 0. The van der Waals surface area contributed by atoms with Gasteiger partial charge >= 0.3 is 0 Å². The molecule has 0 fully saturated rings. The molecule has 7 nitrogen and oxygen atoms in total. The molecule has 0 N–H and O–H groups in total. The van der Waals surface area contributed by atoms with Crippen molar-refractivity contribution in [1.82, 2.24) is 15.1 Å². The third-order valence-electron chi connectivity index (χ3n) is 5.00. The second-order valence-corrected chi connectivity index (χ2v) is 8.10. The molecule has 8 heteroatoms. The van der Waals surface area contributed by atoms with Crippen LogP contribution in [0.3, 0.4) is 0 Å². The highest BCUT2D eigenvalue weighted by atomic mass is 32.1. The minimum absolute atomic E-state index is 0.0150. The maximum absolute atomic E-state index is 12.9. The number of thiazole rings is 1. The highest BCUT2D eigenvalue weighted by Gasteiger charge is 2.19. The Kier molecular flexibility index (Phi) is 7.26. The first-order valence-electron chi connectivity index (χ1n) is 10.6. The zero-order valence-corrected chi connectivity index (χ0v) is 19.1. The van der Waals surface area contributed by atoms with Crippen LogP contribution in [0, 0.1) is 0 Å². The molecule has 0 aliphatic rings. The van der Waals surface area contributed by atoms with Gasteiger partial charge in [0, 0.05) is 35.9 Å². The van der Waals surface area contributed by atoms with Gasteiger partial charge in [0.05, 0.1) is 12.8 Å².